The number of fused-ring (bicyclic) bond motifs is 2. The summed E-state index contributed by atoms with van der Waals surface area (Å²) in [5.74, 6) is 0.786. The molecule has 0 radical (unpaired) electrons. The van der Waals surface area contributed by atoms with E-state index in [2.05, 4.69) is 39.1 Å². The molecule has 118 valence electrons. The molecule has 0 bridgehead atoms. The third-order valence-electron chi connectivity index (χ3n) is 4.01. The highest BCUT2D eigenvalue weighted by atomic mass is 79.9. The van der Waals surface area contributed by atoms with E-state index in [1.165, 1.54) is 0 Å². The maximum atomic E-state index is 6.15. The molecule has 1 aromatic heterocycles. The highest BCUT2D eigenvalue weighted by molar-refractivity contribution is 9.10. The third kappa shape index (κ3) is 2.52. The van der Waals surface area contributed by atoms with Crippen LogP contribution in [0.4, 0.5) is 17.2 Å². The molecule has 0 unspecified atom stereocenters. The van der Waals surface area contributed by atoms with Crippen LogP contribution >= 0.6 is 27.5 Å². The minimum absolute atomic E-state index is 0.573. The molecule has 0 saturated carbocycles. The van der Waals surface area contributed by atoms with E-state index in [1.54, 1.807) is 6.20 Å². The van der Waals surface area contributed by atoms with Crippen molar-refractivity contribution in [1.29, 1.82) is 0 Å². The van der Waals surface area contributed by atoms with E-state index in [4.69, 9.17) is 16.6 Å². The van der Waals surface area contributed by atoms with Crippen LogP contribution in [0.1, 0.15) is 11.1 Å². The number of hydrogen-bond donors (Lipinski definition) is 0. The predicted octanol–water partition coefficient (Wildman–Crippen LogP) is 5.75. The smallest absolute Gasteiger partial charge is 0.158 e. The summed E-state index contributed by atoms with van der Waals surface area (Å²) in [6.45, 7) is 0. The number of para-hydroxylation sites is 1. The number of rotatable bonds is 1. The number of aliphatic imine (C=N–C) groups is 1. The molecule has 24 heavy (non-hydrogen) atoms. The Bertz CT molecular complexity index is 968. The molecule has 0 saturated heterocycles. The second-order valence-corrected chi connectivity index (χ2v) is 6.80. The number of nitrogens with zero attached hydrogens (tertiary/aromatic N) is 3. The van der Waals surface area contributed by atoms with E-state index in [9.17, 15) is 0 Å². The number of anilines is 2. The first-order chi connectivity index (χ1) is 11.6. The van der Waals surface area contributed by atoms with Gasteiger partial charge in [0.1, 0.15) is 5.69 Å². The van der Waals surface area contributed by atoms with Crippen molar-refractivity contribution < 1.29 is 0 Å². The number of benzene rings is 2. The molecule has 2 heterocycles. The molecular formula is C19H13BrClN3. The molecule has 0 N–H and O–H groups in total. The summed E-state index contributed by atoms with van der Waals surface area (Å²) in [4.78, 5) is 11.5. The van der Waals surface area contributed by atoms with Gasteiger partial charge in [-0.1, -0.05) is 63.9 Å². The molecule has 0 atom stereocenters. The lowest BCUT2D eigenvalue weighted by Gasteiger charge is -2.20. The molecule has 0 aliphatic carbocycles. The maximum absolute atomic E-state index is 6.15. The summed E-state index contributed by atoms with van der Waals surface area (Å²) in [5, 5.41) is 0.573. The van der Waals surface area contributed by atoms with E-state index < -0.39 is 0 Å². The van der Waals surface area contributed by atoms with E-state index in [0.717, 1.165) is 38.5 Å². The van der Waals surface area contributed by atoms with Crippen LogP contribution in [0.2, 0.25) is 5.02 Å². The SMILES string of the molecule is CN1c2ccccc2C(c2ccccc2Br)=Nc2cc(Cl)cnc21. The van der Waals surface area contributed by atoms with Gasteiger partial charge in [0, 0.05) is 28.8 Å². The standard InChI is InChI=1S/C19H13BrClN3/c1-24-17-9-5-3-7-14(17)18(13-6-2-4-8-15(13)20)23-16-10-12(21)11-22-19(16)24/h2-11H,1H3. The Morgan fingerprint density at radius 3 is 2.50 bits per heavy atom. The van der Waals surface area contributed by atoms with E-state index >= 15 is 0 Å². The van der Waals surface area contributed by atoms with Crippen molar-refractivity contribution in [1.82, 2.24) is 4.98 Å². The molecule has 3 aromatic rings. The summed E-state index contributed by atoms with van der Waals surface area (Å²) < 4.78 is 1.000. The predicted molar refractivity (Wildman–Crippen MR) is 103 cm³/mol. The Balaban J connectivity index is 2.07. The minimum atomic E-state index is 0.573. The van der Waals surface area contributed by atoms with Crippen molar-refractivity contribution in [3.8, 4) is 0 Å². The Morgan fingerprint density at radius 2 is 1.71 bits per heavy atom. The molecule has 4 rings (SSSR count). The second kappa shape index (κ2) is 6.04. The highest BCUT2D eigenvalue weighted by Gasteiger charge is 2.23. The zero-order valence-corrected chi connectivity index (χ0v) is 15.2. The fraction of sp³-hybridized carbons (Fsp3) is 0.0526. The van der Waals surface area contributed by atoms with Gasteiger partial charge in [-0.2, -0.15) is 0 Å². The zero-order chi connectivity index (χ0) is 16.7. The Hall–Kier alpha value is -2.17. The van der Waals surface area contributed by atoms with E-state index in [-0.39, 0.29) is 0 Å². The van der Waals surface area contributed by atoms with Gasteiger partial charge >= 0.3 is 0 Å². The van der Waals surface area contributed by atoms with Crippen molar-refractivity contribution in [3.05, 3.63) is 81.4 Å². The fourth-order valence-corrected chi connectivity index (χ4v) is 3.51. The van der Waals surface area contributed by atoms with Crippen LogP contribution in [0, 0.1) is 0 Å². The van der Waals surface area contributed by atoms with Gasteiger partial charge < -0.3 is 4.90 Å². The molecular weight excluding hydrogens is 386 g/mol. The molecule has 1 aliphatic heterocycles. The Kier molecular flexibility index (Phi) is 3.87. The van der Waals surface area contributed by atoms with Crippen molar-refractivity contribution in [2.24, 2.45) is 4.99 Å². The van der Waals surface area contributed by atoms with Crippen molar-refractivity contribution >= 4 is 50.4 Å². The lowest BCUT2D eigenvalue weighted by molar-refractivity contribution is 1.13. The summed E-state index contributed by atoms with van der Waals surface area (Å²) in [5.41, 5.74) is 4.80. The number of halogens is 2. The Morgan fingerprint density at radius 1 is 1.00 bits per heavy atom. The van der Waals surface area contributed by atoms with Crippen LogP contribution in [0.5, 0.6) is 0 Å². The first-order valence-electron chi connectivity index (χ1n) is 7.47. The summed E-state index contributed by atoms with van der Waals surface area (Å²) in [6.07, 6.45) is 1.65. The first-order valence-corrected chi connectivity index (χ1v) is 8.64. The molecule has 5 heteroatoms. The van der Waals surface area contributed by atoms with E-state index in [0.29, 0.717) is 5.02 Å². The second-order valence-electron chi connectivity index (χ2n) is 5.51. The van der Waals surface area contributed by atoms with Gasteiger partial charge in [0.15, 0.2) is 5.82 Å². The van der Waals surface area contributed by atoms with Crippen LogP contribution in [-0.2, 0) is 0 Å². The average molecular weight is 399 g/mol. The van der Waals surface area contributed by atoms with Gasteiger partial charge in [0.05, 0.1) is 16.4 Å². The summed E-state index contributed by atoms with van der Waals surface area (Å²) >= 11 is 9.80. The topological polar surface area (TPSA) is 28.5 Å². The normalized spacial score (nSPS) is 13.0. The summed E-state index contributed by atoms with van der Waals surface area (Å²) in [6, 6.07) is 18.1. The van der Waals surface area contributed by atoms with Gasteiger partial charge in [-0.05, 0) is 18.2 Å². The van der Waals surface area contributed by atoms with Gasteiger partial charge in [-0.25, -0.2) is 9.98 Å². The number of aromatic nitrogens is 1. The largest absolute Gasteiger partial charge is 0.327 e. The van der Waals surface area contributed by atoms with Crippen LogP contribution in [0.15, 0.2) is 70.3 Å². The monoisotopic (exact) mass is 397 g/mol. The van der Waals surface area contributed by atoms with Gasteiger partial charge in [0.2, 0.25) is 0 Å². The molecule has 0 fully saturated rings. The van der Waals surface area contributed by atoms with Crippen LogP contribution < -0.4 is 4.90 Å². The van der Waals surface area contributed by atoms with Gasteiger partial charge in [-0.15, -0.1) is 0 Å². The number of pyridine rings is 1. The molecule has 0 spiro atoms. The quantitative estimate of drug-likeness (QED) is 0.522. The van der Waals surface area contributed by atoms with Crippen LogP contribution in [0.25, 0.3) is 0 Å². The van der Waals surface area contributed by atoms with E-state index in [1.807, 2.05) is 48.3 Å². The highest BCUT2D eigenvalue weighted by Crippen LogP contribution is 2.39. The lowest BCUT2D eigenvalue weighted by atomic mass is 10.0. The van der Waals surface area contributed by atoms with Crippen LogP contribution in [0.3, 0.4) is 0 Å². The summed E-state index contributed by atoms with van der Waals surface area (Å²) in [7, 11) is 2.00. The third-order valence-corrected chi connectivity index (χ3v) is 4.91. The van der Waals surface area contributed by atoms with Crippen LogP contribution in [-0.4, -0.2) is 17.7 Å². The number of hydrogen-bond acceptors (Lipinski definition) is 3. The minimum Gasteiger partial charge on any atom is -0.327 e. The van der Waals surface area contributed by atoms with Crippen molar-refractivity contribution in [3.63, 3.8) is 0 Å². The average Bonchev–Trinajstić information content (AvgIpc) is 2.71. The molecule has 2 aromatic carbocycles. The van der Waals surface area contributed by atoms with Crippen molar-refractivity contribution in [2.75, 3.05) is 11.9 Å². The van der Waals surface area contributed by atoms with Gasteiger partial charge in [-0.3, -0.25) is 0 Å². The maximum Gasteiger partial charge on any atom is 0.158 e. The molecule has 1 aliphatic rings. The first kappa shape index (κ1) is 15.4. The Labute approximate surface area is 153 Å². The fourth-order valence-electron chi connectivity index (χ4n) is 2.88. The lowest BCUT2D eigenvalue weighted by Crippen LogP contribution is -2.14. The zero-order valence-electron chi connectivity index (χ0n) is 12.9. The van der Waals surface area contributed by atoms with Crippen molar-refractivity contribution in [2.45, 2.75) is 0 Å². The van der Waals surface area contributed by atoms with Gasteiger partial charge in [0.25, 0.3) is 0 Å². The molecule has 3 nitrogen and oxygen atoms in total. The molecule has 0 amide bonds.